The normalized spacial score (nSPS) is 15.6. The van der Waals surface area contributed by atoms with Crippen LogP contribution < -0.4 is 15.8 Å². The molecule has 0 bridgehead atoms. The van der Waals surface area contributed by atoms with Gasteiger partial charge >= 0.3 is 6.09 Å². The molecule has 1 saturated heterocycles. The standard InChI is InChI=1S/C18H27N3O4/c1-18(2,3)25-17(23)21-9-7-13(8-10-21)24-15-6-5-12(19)11-14(15)16(22)20-4/h5-6,11,13H,7-10,19H2,1-4H3,(H,20,22). The Bertz CT molecular complexity index is 632. The van der Waals surface area contributed by atoms with Gasteiger partial charge in [-0.25, -0.2) is 4.79 Å². The second-order valence-corrected chi connectivity index (χ2v) is 7.12. The molecule has 25 heavy (non-hydrogen) atoms. The molecule has 0 spiro atoms. The van der Waals surface area contributed by atoms with Gasteiger partial charge in [-0.1, -0.05) is 0 Å². The molecule has 1 aromatic carbocycles. The molecule has 7 nitrogen and oxygen atoms in total. The van der Waals surface area contributed by atoms with E-state index in [2.05, 4.69) is 5.32 Å². The van der Waals surface area contributed by atoms with Crippen LogP contribution in [0.25, 0.3) is 0 Å². The molecular weight excluding hydrogens is 322 g/mol. The third-order valence-corrected chi connectivity index (χ3v) is 3.86. The molecule has 0 atom stereocenters. The second-order valence-electron chi connectivity index (χ2n) is 7.12. The van der Waals surface area contributed by atoms with Crippen LogP contribution >= 0.6 is 0 Å². The zero-order valence-corrected chi connectivity index (χ0v) is 15.3. The molecule has 7 heteroatoms. The van der Waals surface area contributed by atoms with Gasteiger partial charge in [0.1, 0.15) is 17.5 Å². The summed E-state index contributed by atoms with van der Waals surface area (Å²) in [5.74, 6) is 0.262. The highest BCUT2D eigenvalue weighted by Gasteiger charge is 2.28. The van der Waals surface area contributed by atoms with E-state index in [1.165, 1.54) is 0 Å². The number of carbonyl (C=O) groups is 2. The van der Waals surface area contributed by atoms with Crippen LogP contribution in [0.15, 0.2) is 18.2 Å². The fourth-order valence-corrected chi connectivity index (χ4v) is 2.62. The first-order valence-electron chi connectivity index (χ1n) is 8.46. The predicted molar refractivity (Wildman–Crippen MR) is 95.7 cm³/mol. The summed E-state index contributed by atoms with van der Waals surface area (Å²) in [6.07, 6.45) is 0.989. The summed E-state index contributed by atoms with van der Waals surface area (Å²) >= 11 is 0. The fraction of sp³-hybridized carbons (Fsp3) is 0.556. The zero-order chi connectivity index (χ0) is 18.6. The number of ether oxygens (including phenoxy) is 2. The van der Waals surface area contributed by atoms with Gasteiger partial charge < -0.3 is 25.4 Å². The molecule has 0 radical (unpaired) electrons. The van der Waals surface area contributed by atoms with E-state index in [1.54, 1.807) is 30.1 Å². The summed E-state index contributed by atoms with van der Waals surface area (Å²) in [6.45, 7) is 6.67. The van der Waals surface area contributed by atoms with Crippen molar-refractivity contribution in [3.8, 4) is 5.75 Å². The minimum Gasteiger partial charge on any atom is -0.489 e. The van der Waals surface area contributed by atoms with Gasteiger partial charge in [0.05, 0.1) is 5.56 Å². The molecule has 138 valence electrons. The van der Waals surface area contributed by atoms with E-state index in [-0.39, 0.29) is 18.1 Å². The number of carbonyl (C=O) groups excluding carboxylic acids is 2. The van der Waals surface area contributed by atoms with Gasteiger partial charge in [-0.3, -0.25) is 4.79 Å². The van der Waals surface area contributed by atoms with Crippen molar-refractivity contribution in [2.45, 2.75) is 45.3 Å². The van der Waals surface area contributed by atoms with E-state index >= 15 is 0 Å². The van der Waals surface area contributed by atoms with Crippen LogP contribution in [0.2, 0.25) is 0 Å². The Kier molecular flexibility index (Phi) is 5.77. The molecule has 0 unspecified atom stereocenters. The number of amides is 2. The number of nitrogens with one attached hydrogen (secondary N) is 1. The number of hydrogen-bond acceptors (Lipinski definition) is 5. The quantitative estimate of drug-likeness (QED) is 0.817. The smallest absolute Gasteiger partial charge is 0.410 e. The maximum Gasteiger partial charge on any atom is 0.410 e. The van der Waals surface area contributed by atoms with Crippen molar-refractivity contribution in [3.05, 3.63) is 23.8 Å². The number of piperidine rings is 1. The van der Waals surface area contributed by atoms with E-state index in [9.17, 15) is 9.59 Å². The Morgan fingerprint density at radius 2 is 1.88 bits per heavy atom. The number of nitrogens with two attached hydrogens (primary N) is 1. The first-order chi connectivity index (χ1) is 11.7. The van der Waals surface area contributed by atoms with Crippen molar-refractivity contribution in [2.24, 2.45) is 0 Å². The number of hydrogen-bond donors (Lipinski definition) is 2. The Hall–Kier alpha value is -2.44. The van der Waals surface area contributed by atoms with Crippen molar-refractivity contribution in [1.29, 1.82) is 0 Å². The third-order valence-electron chi connectivity index (χ3n) is 3.86. The fourth-order valence-electron chi connectivity index (χ4n) is 2.62. The van der Waals surface area contributed by atoms with Gasteiger partial charge in [-0.15, -0.1) is 0 Å². The van der Waals surface area contributed by atoms with Crippen LogP contribution in [0.4, 0.5) is 10.5 Å². The molecule has 0 aromatic heterocycles. The lowest BCUT2D eigenvalue weighted by atomic mass is 10.1. The average molecular weight is 349 g/mol. The van der Waals surface area contributed by atoms with Crippen LogP contribution in [-0.4, -0.2) is 48.7 Å². The Morgan fingerprint density at radius 3 is 2.44 bits per heavy atom. The lowest BCUT2D eigenvalue weighted by Gasteiger charge is -2.33. The average Bonchev–Trinajstić information content (AvgIpc) is 2.54. The molecule has 1 heterocycles. The number of anilines is 1. The number of benzene rings is 1. The molecule has 0 saturated carbocycles. The van der Waals surface area contributed by atoms with Gasteiger partial charge in [0.15, 0.2) is 0 Å². The SMILES string of the molecule is CNC(=O)c1cc(N)ccc1OC1CCN(C(=O)OC(C)(C)C)CC1. The van der Waals surface area contributed by atoms with E-state index in [4.69, 9.17) is 15.2 Å². The lowest BCUT2D eigenvalue weighted by Crippen LogP contribution is -2.44. The molecule has 0 aliphatic carbocycles. The first-order valence-corrected chi connectivity index (χ1v) is 8.46. The number of likely N-dealkylation sites (tertiary alicyclic amines) is 1. The van der Waals surface area contributed by atoms with Crippen LogP contribution in [0.3, 0.4) is 0 Å². The Morgan fingerprint density at radius 1 is 1.24 bits per heavy atom. The van der Waals surface area contributed by atoms with E-state index in [0.717, 1.165) is 0 Å². The minimum absolute atomic E-state index is 0.0642. The molecule has 1 fully saturated rings. The highest BCUT2D eigenvalue weighted by atomic mass is 16.6. The summed E-state index contributed by atoms with van der Waals surface area (Å²) in [6, 6.07) is 5.02. The van der Waals surface area contributed by atoms with Crippen molar-refractivity contribution < 1.29 is 19.1 Å². The third kappa shape index (κ3) is 5.27. The largest absolute Gasteiger partial charge is 0.489 e. The van der Waals surface area contributed by atoms with Gasteiger partial charge in [-0.2, -0.15) is 0 Å². The summed E-state index contributed by atoms with van der Waals surface area (Å²) in [4.78, 5) is 25.8. The molecule has 1 aliphatic heterocycles. The summed E-state index contributed by atoms with van der Waals surface area (Å²) in [5, 5.41) is 2.59. The van der Waals surface area contributed by atoms with Crippen molar-refractivity contribution in [1.82, 2.24) is 10.2 Å². The summed E-state index contributed by atoms with van der Waals surface area (Å²) in [5.41, 5.74) is 6.18. The van der Waals surface area contributed by atoms with Crippen molar-refractivity contribution >= 4 is 17.7 Å². The molecule has 2 rings (SSSR count). The first kappa shape index (κ1) is 18.9. The zero-order valence-electron chi connectivity index (χ0n) is 15.3. The number of nitrogen functional groups attached to an aromatic ring is 1. The highest BCUT2D eigenvalue weighted by molar-refractivity contribution is 5.97. The topological polar surface area (TPSA) is 93.9 Å². The molecule has 3 N–H and O–H groups in total. The van der Waals surface area contributed by atoms with Crippen LogP contribution in [0.5, 0.6) is 5.75 Å². The maximum atomic E-state index is 12.1. The van der Waals surface area contributed by atoms with Crippen LogP contribution in [0.1, 0.15) is 44.0 Å². The van der Waals surface area contributed by atoms with E-state index < -0.39 is 5.60 Å². The minimum atomic E-state index is -0.503. The van der Waals surface area contributed by atoms with Gasteiger partial charge in [0, 0.05) is 38.7 Å². The highest BCUT2D eigenvalue weighted by Crippen LogP contribution is 2.26. The monoisotopic (exact) mass is 349 g/mol. The summed E-state index contributed by atoms with van der Waals surface area (Å²) in [7, 11) is 1.56. The van der Waals surface area contributed by atoms with Crippen molar-refractivity contribution in [3.63, 3.8) is 0 Å². The molecule has 2 amide bonds. The van der Waals surface area contributed by atoms with Gasteiger partial charge in [0.25, 0.3) is 5.91 Å². The van der Waals surface area contributed by atoms with Crippen molar-refractivity contribution in [2.75, 3.05) is 25.9 Å². The molecular formula is C18H27N3O4. The van der Waals surface area contributed by atoms with E-state index in [1.807, 2.05) is 20.8 Å². The maximum absolute atomic E-state index is 12.1. The number of rotatable bonds is 3. The molecule has 1 aliphatic rings. The predicted octanol–water partition coefficient (Wildman–Crippen LogP) is 2.41. The van der Waals surface area contributed by atoms with E-state index in [0.29, 0.717) is 42.9 Å². The Balaban J connectivity index is 1.97. The van der Waals surface area contributed by atoms with Crippen LogP contribution in [0, 0.1) is 0 Å². The summed E-state index contributed by atoms with van der Waals surface area (Å²) < 4.78 is 11.4. The number of nitrogens with zero attached hydrogens (tertiary/aromatic N) is 1. The van der Waals surface area contributed by atoms with Crippen LogP contribution in [-0.2, 0) is 4.74 Å². The van der Waals surface area contributed by atoms with Gasteiger partial charge in [0.2, 0.25) is 0 Å². The molecule has 1 aromatic rings. The Labute approximate surface area is 148 Å². The lowest BCUT2D eigenvalue weighted by molar-refractivity contribution is 0.0126. The second kappa shape index (κ2) is 7.63. The van der Waals surface area contributed by atoms with Gasteiger partial charge in [-0.05, 0) is 39.0 Å².